The molecule has 1 aromatic rings. The molecule has 2 rings (SSSR count). The molecule has 0 bridgehead atoms. The van der Waals surface area contributed by atoms with Crippen LogP contribution in [0.2, 0.25) is 0 Å². The highest BCUT2D eigenvalue weighted by molar-refractivity contribution is 9.10. The molecular weight excluding hydrogens is 307 g/mol. The number of hydrogen-bond acceptors (Lipinski definition) is 2. The van der Waals surface area contributed by atoms with Crippen molar-refractivity contribution >= 4 is 15.9 Å². The minimum atomic E-state index is -0.110. The Hall–Kier alpha value is -0.450. The molecule has 0 radical (unpaired) electrons. The zero-order valence-corrected chi connectivity index (χ0v) is 13.0. The molecule has 2 nitrogen and oxygen atoms in total. The number of nitrogens with zero attached hydrogens (tertiary/aromatic N) is 1. The molecule has 1 aromatic carbocycles. The van der Waals surface area contributed by atoms with Gasteiger partial charge in [0.1, 0.15) is 5.82 Å². The van der Waals surface area contributed by atoms with Crippen LogP contribution in [-0.2, 0) is 6.54 Å². The number of likely N-dealkylation sites (tertiary alicyclic amines) is 1. The van der Waals surface area contributed by atoms with E-state index in [2.05, 4.69) is 33.1 Å². The molecule has 1 fully saturated rings. The van der Waals surface area contributed by atoms with E-state index in [-0.39, 0.29) is 5.82 Å². The van der Waals surface area contributed by atoms with Crippen molar-refractivity contribution in [3.05, 3.63) is 34.1 Å². The predicted molar refractivity (Wildman–Crippen MR) is 80.7 cm³/mol. The van der Waals surface area contributed by atoms with E-state index in [0.29, 0.717) is 6.04 Å². The number of halogens is 2. The van der Waals surface area contributed by atoms with Crippen molar-refractivity contribution in [3.8, 4) is 0 Å². The van der Waals surface area contributed by atoms with E-state index in [0.717, 1.165) is 42.6 Å². The third-order valence-electron chi connectivity index (χ3n) is 3.69. The Bertz CT molecular complexity index is 411. The molecule has 1 saturated heterocycles. The number of nitrogens with one attached hydrogen (secondary N) is 1. The van der Waals surface area contributed by atoms with Gasteiger partial charge in [-0.2, -0.15) is 0 Å². The van der Waals surface area contributed by atoms with Gasteiger partial charge >= 0.3 is 0 Å². The van der Waals surface area contributed by atoms with Crippen LogP contribution in [0.4, 0.5) is 4.39 Å². The predicted octanol–water partition coefficient (Wildman–Crippen LogP) is 3.55. The molecule has 19 heavy (non-hydrogen) atoms. The smallest absolute Gasteiger partial charge is 0.128 e. The minimum absolute atomic E-state index is 0.110. The first-order chi connectivity index (χ1) is 9.20. The lowest BCUT2D eigenvalue weighted by Gasteiger charge is -2.25. The van der Waals surface area contributed by atoms with Crippen LogP contribution in [0.25, 0.3) is 0 Å². The van der Waals surface area contributed by atoms with Gasteiger partial charge in [-0.1, -0.05) is 28.9 Å². The molecule has 0 amide bonds. The summed E-state index contributed by atoms with van der Waals surface area (Å²) < 4.78 is 14.7. The first kappa shape index (κ1) is 14.9. The fraction of sp³-hybridized carbons (Fsp3) is 0.600. The summed E-state index contributed by atoms with van der Waals surface area (Å²) in [7, 11) is 0. The summed E-state index contributed by atoms with van der Waals surface area (Å²) in [6.07, 6.45) is 3.60. The lowest BCUT2D eigenvalue weighted by molar-refractivity contribution is 0.236. The molecular formula is C15H22BrFN2. The fourth-order valence-corrected chi connectivity index (χ4v) is 2.98. The minimum Gasteiger partial charge on any atom is -0.315 e. The van der Waals surface area contributed by atoms with Crippen LogP contribution in [0, 0.1) is 5.82 Å². The van der Waals surface area contributed by atoms with Gasteiger partial charge in [-0.05, 0) is 44.5 Å². The van der Waals surface area contributed by atoms with Crippen LogP contribution in [0.5, 0.6) is 0 Å². The van der Waals surface area contributed by atoms with E-state index >= 15 is 0 Å². The molecule has 1 unspecified atom stereocenters. The third kappa shape index (κ3) is 4.26. The Morgan fingerprint density at radius 1 is 1.47 bits per heavy atom. The normalized spacial score (nSPS) is 20.1. The van der Waals surface area contributed by atoms with Crippen LogP contribution in [-0.4, -0.2) is 30.6 Å². The average Bonchev–Trinajstić information content (AvgIpc) is 2.81. The van der Waals surface area contributed by atoms with E-state index in [1.807, 2.05) is 12.1 Å². The molecule has 1 N–H and O–H groups in total. The van der Waals surface area contributed by atoms with Gasteiger partial charge < -0.3 is 5.32 Å². The van der Waals surface area contributed by atoms with Crippen LogP contribution in [0.3, 0.4) is 0 Å². The SMILES string of the molecule is CCCNCC1CCCN1Cc1ccc(Br)cc1F. The Kier molecular flexibility index (Phi) is 5.79. The lowest BCUT2D eigenvalue weighted by Crippen LogP contribution is -2.37. The molecule has 0 aliphatic carbocycles. The standard InChI is InChI=1S/C15H22BrFN2/c1-2-7-18-10-14-4-3-8-19(14)11-12-5-6-13(16)9-15(12)17/h5-6,9,14,18H,2-4,7-8,10-11H2,1H3. The van der Waals surface area contributed by atoms with Crippen molar-refractivity contribution in [2.24, 2.45) is 0 Å². The van der Waals surface area contributed by atoms with Gasteiger partial charge in [0.25, 0.3) is 0 Å². The maximum absolute atomic E-state index is 13.9. The highest BCUT2D eigenvalue weighted by atomic mass is 79.9. The summed E-state index contributed by atoms with van der Waals surface area (Å²) in [4.78, 5) is 2.40. The van der Waals surface area contributed by atoms with Crippen LogP contribution < -0.4 is 5.32 Å². The van der Waals surface area contributed by atoms with Gasteiger partial charge in [0, 0.05) is 29.2 Å². The first-order valence-electron chi connectivity index (χ1n) is 7.09. The van der Waals surface area contributed by atoms with Crippen molar-refractivity contribution in [2.45, 2.75) is 38.8 Å². The average molecular weight is 329 g/mol. The molecule has 0 spiro atoms. The number of benzene rings is 1. The third-order valence-corrected chi connectivity index (χ3v) is 4.19. The maximum Gasteiger partial charge on any atom is 0.128 e. The quantitative estimate of drug-likeness (QED) is 0.803. The van der Waals surface area contributed by atoms with Gasteiger partial charge in [0.15, 0.2) is 0 Å². The van der Waals surface area contributed by atoms with Crippen molar-refractivity contribution in [1.29, 1.82) is 0 Å². The van der Waals surface area contributed by atoms with Gasteiger partial charge in [0.2, 0.25) is 0 Å². The van der Waals surface area contributed by atoms with E-state index < -0.39 is 0 Å². The molecule has 1 atom stereocenters. The summed E-state index contributed by atoms with van der Waals surface area (Å²) in [6, 6.07) is 5.90. The van der Waals surface area contributed by atoms with Crippen molar-refractivity contribution in [2.75, 3.05) is 19.6 Å². The molecule has 1 aliphatic rings. The van der Waals surface area contributed by atoms with Gasteiger partial charge in [-0.15, -0.1) is 0 Å². The largest absolute Gasteiger partial charge is 0.315 e. The highest BCUT2D eigenvalue weighted by Gasteiger charge is 2.24. The van der Waals surface area contributed by atoms with Gasteiger partial charge in [0.05, 0.1) is 0 Å². The summed E-state index contributed by atoms with van der Waals surface area (Å²) in [5, 5.41) is 3.47. The van der Waals surface area contributed by atoms with Crippen LogP contribution in [0.15, 0.2) is 22.7 Å². The number of rotatable bonds is 6. The van der Waals surface area contributed by atoms with Crippen molar-refractivity contribution < 1.29 is 4.39 Å². The Labute approximate surface area is 123 Å². The van der Waals surface area contributed by atoms with E-state index in [1.165, 1.54) is 12.8 Å². The van der Waals surface area contributed by atoms with Gasteiger partial charge in [-0.25, -0.2) is 4.39 Å². The first-order valence-corrected chi connectivity index (χ1v) is 7.88. The number of hydrogen-bond donors (Lipinski definition) is 1. The Morgan fingerprint density at radius 3 is 3.05 bits per heavy atom. The van der Waals surface area contributed by atoms with Gasteiger partial charge in [-0.3, -0.25) is 4.90 Å². The molecule has 0 saturated carbocycles. The lowest BCUT2D eigenvalue weighted by atomic mass is 10.1. The van der Waals surface area contributed by atoms with Crippen LogP contribution in [0.1, 0.15) is 31.7 Å². The molecule has 4 heteroatoms. The van der Waals surface area contributed by atoms with E-state index in [1.54, 1.807) is 6.07 Å². The molecule has 1 aliphatic heterocycles. The maximum atomic E-state index is 13.9. The van der Waals surface area contributed by atoms with E-state index in [9.17, 15) is 4.39 Å². The Morgan fingerprint density at radius 2 is 2.32 bits per heavy atom. The zero-order chi connectivity index (χ0) is 13.7. The zero-order valence-electron chi connectivity index (χ0n) is 11.5. The molecule has 0 aromatic heterocycles. The molecule has 106 valence electrons. The summed E-state index contributed by atoms with van der Waals surface area (Å²) >= 11 is 3.30. The van der Waals surface area contributed by atoms with E-state index in [4.69, 9.17) is 0 Å². The topological polar surface area (TPSA) is 15.3 Å². The monoisotopic (exact) mass is 328 g/mol. The van der Waals surface area contributed by atoms with Crippen molar-refractivity contribution in [1.82, 2.24) is 10.2 Å². The van der Waals surface area contributed by atoms with Crippen molar-refractivity contribution in [3.63, 3.8) is 0 Å². The Balaban J connectivity index is 1.93. The molecule has 1 heterocycles. The summed E-state index contributed by atoms with van der Waals surface area (Å²) in [5.41, 5.74) is 0.797. The van der Waals surface area contributed by atoms with Crippen LogP contribution >= 0.6 is 15.9 Å². The second-order valence-corrected chi connectivity index (χ2v) is 6.12. The second kappa shape index (κ2) is 7.36. The summed E-state index contributed by atoms with van der Waals surface area (Å²) in [6.45, 7) is 6.06. The fourth-order valence-electron chi connectivity index (χ4n) is 2.65. The second-order valence-electron chi connectivity index (χ2n) is 5.21. The summed E-state index contributed by atoms with van der Waals surface area (Å²) in [5.74, 6) is -0.110. The highest BCUT2D eigenvalue weighted by Crippen LogP contribution is 2.22.